The van der Waals surface area contributed by atoms with Gasteiger partial charge in [0.15, 0.2) is 0 Å². The first kappa shape index (κ1) is 21.4. The van der Waals surface area contributed by atoms with Gasteiger partial charge in [-0.2, -0.15) is 0 Å². The van der Waals surface area contributed by atoms with Gasteiger partial charge in [-0.1, -0.05) is 31.9 Å². The number of benzene rings is 2. The Morgan fingerprint density at radius 1 is 1.07 bits per heavy atom. The number of aromatic hydroxyl groups is 2. The van der Waals surface area contributed by atoms with Crippen LogP contribution in [0, 0.1) is 0 Å². The van der Waals surface area contributed by atoms with Crippen LogP contribution in [0.3, 0.4) is 0 Å². The van der Waals surface area contributed by atoms with E-state index in [1.165, 1.54) is 6.08 Å². The highest BCUT2D eigenvalue weighted by atomic mass is 16.5. The SMILES string of the molecule is CCCCCOc1cc(O)cc(C=CC(=O)N(C)CCc2ccc(O)cc2)c1. The van der Waals surface area contributed by atoms with E-state index in [4.69, 9.17) is 4.74 Å². The van der Waals surface area contributed by atoms with Gasteiger partial charge in [0.25, 0.3) is 0 Å². The van der Waals surface area contributed by atoms with E-state index in [0.29, 0.717) is 30.9 Å². The summed E-state index contributed by atoms with van der Waals surface area (Å²) in [6.07, 6.45) is 7.08. The van der Waals surface area contributed by atoms with E-state index in [0.717, 1.165) is 24.8 Å². The average molecular weight is 383 g/mol. The smallest absolute Gasteiger partial charge is 0.246 e. The van der Waals surface area contributed by atoms with Crippen molar-refractivity contribution < 1.29 is 19.7 Å². The van der Waals surface area contributed by atoms with Crippen LogP contribution in [0.1, 0.15) is 37.3 Å². The highest BCUT2D eigenvalue weighted by molar-refractivity contribution is 5.91. The van der Waals surface area contributed by atoms with Crippen LogP contribution in [0.15, 0.2) is 48.5 Å². The van der Waals surface area contributed by atoms with E-state index >= 15 is 0 Å². The van der Waals surface area contributed by atoms with Crippen LogP contribution in [0.25, 0.3) is 6.08 Å². The maximum Gasteiger partial charge on any atom is 0.246 e. The van der Waals surface area contributed by atoms with Crippen molar-refractivity contribution in [3.05, 3.63) is 59.7 Å². The standard InChI is InChI=1S/C23H29NO4/c1-3-4-5-14-28-22-16-19(15-21(26)17-22)8-11-23(27)24(2)13-12-18-6-9-20(25)10-7-18/h6-11,15-17,25-26H,3-5,12-14H2,1-2H3. The van der Waals surface area contributed by atoms with Crippen LogP contribution in [-0.4, -0.2) is 41.2 Å². The molecule has 5 nitrogen and oxygen atoms in total. The molecule has 0 spiro atoms. The average Bonchev–Trinajstić information content (AvgIpc) is 2.68. The molecule has 5 heteroatoms. The molecular weight excluding hydrogens is 354 g/mol. The molecule has 0 bridgehead atoms. The van der Waals surface area contributed by atoms with E-state index in [-0.39, 0.29) is 17.4 Å². The van der Waals surface area contributed by atoms with E-state index in [2.05, 4.69) is 6.92 Å². The molecule has 0 heterocycles. The number of phenolic OH excluding ortho intramolecular Hbond substituents is 2. The van der Waals surface area contributed by atoms with Gasteiger partial charge in [0.05, 0.1) is 6.61 Å². The highest BCUT2D eigenvalue weighted by Crippen LogP contribution is 2.23. The van der Waals surface area contributed by atoms with Crippen molar-refractivity contribution in [3.8, 4) is 17.2 Å². The Hall–Kier alpha value is -2.95. The third-order valence-corrected chi connectivity index (χ3v) is 4.40. The summed E-state index contributed by atoms with van der Waals surface area (Å²) in [6.45, 7) is 3.31. The van der Waals surface area contributed by atoms with E-state index < -0.39 is 0 Å². The molecule has 2 rings (SSSR count). The summed E-state index contributed by atoms with van der Waals surface area (Å²) in [5.74, 6) is 0.827. The monoisotopic (exact) mass is 383 g/mol. The highest BCUT2D eigenvalue weighted by Gasteiger charge is 2.06. The lowest BCUT2D eigenvalue weighted by atomic mass is 10.1. The van der Waals surface area contributed by atoms with Crippen molar-refractivity contribution in [2.24, 2.45) is 0 Å². The fourth-order valence-electron chi connectivity index (χ4n) is 2.69. The number of nitrogens with zero attached hydrogens (tertiary/aromatic N) is 1. The summed E-state index contributed by atoms with van der Waals surface area (Å²) < 4.78 is 5.67. The molecule has 0 saturated carbocycles. The summed E-state index contributed by atoms with van der Waals surface area (Å²) in [6, 6.07) is 12.0. The van der Waals surface area contributed by atoms with Crippen LogP contribution in [0.4, 0.5) is 0 Å². The molecule has 0 aliphatic heterocycles. The van der Waals surface area contributed by atoms with E-state index in [9.17, 15) is 15.0 Å². The topological polar surface area (TPSA) is 70.0 Å². The first-order chi connectivity index (χ1) is 13.5. The number of hydrogen-bond acceptors (Lipinski definition) is 4. The van der Waals surface area contributed by atoms with Gasteiger partial charge in [0.2, 0.25) is 5.91 Å². The number of unbranched alkanes of at least 4 members (excludes halogenated alkanes) is 2. The second kappa shape index (κ2) is 11.0. The molecule has 2 aromatic rings. The second-order valence-corrected chi connectivity index (χ2v) is 6.83. The Morgan fingerprint density at radius 2 is 1.82 bits per heavy atom. The first-order valence-corrected chi connectivity index (χ1v) is 9.66. The molecule has 0 atom stereocenters. The first-order valence-electron chi connectivity index (χ1n) is 9.66. The second-order valence-electron chi connectivity index (χ2n) is 6.83. The number of carbonyl (C=O) groups is 1. The van der Waals surface area contributed by atoms with Gasteiger partial charge < -0.3 is 19.8 Å². The molecule has 0 aliphatic carbocycles. The van der Waals surface area contributed by atoms with Gasteiger partial charge >= 0.3 is 0 Å². The largest absolute Gasteiger partial charge is 0.508 e. The Bertz CT molecular complexity index is 784. The molecule has 28 heavy (non-hydrogen) atoms. The zero-order valence-corrected chi connectivity index (χ0v) is 16.6. The van der Waals surface area contributed by atoms with E-state index in [1.54, 1.807) is 42.3 Å². The summed E-state index contributed by atoms with van der Waals surface area (Å²) in [5, 5.41) is 19.2. The summed E-state index contributed by atoms with van der Waals surface area (Å²) >= 11 is 0. The van der Waals surface area contributed by atoms with Crippen LogP contribution < -0.4 is 4.74 Å². The minimum Gasteiger partial charge on any atom is -0.508 e. The molecule has 2 N–H and O–H groups in total. The van der Waals surface area contributed by atoms with E-state index in [1.807, 2.05) is 18.2 Å². The zero-order chi connectivity index (χ0) is 20.4. The van der Waals surface area contributed by atoms with Crippen molar-refractivity contribution in [1.29, 1.82) is 0 Å². The third-order valence-electron chi connectivity index (χ3n) is 4.40. The quantitative estimate of drug-likeness (QED) is 0.472. The van der Waals surface area contributed by atoms with Crippen LogP contribution in [0.5, 0.6) is 17.2 Å². The van der Waals surface area contributed by atoms with Crippen molar-refractivity contribution in [3.63, 3.8) is 0 Å². The maximum atomic E-state index is 12.3. The summed E-state index contributed by atoms with van der Waals surface area (Å²) in [7, 11) is 1.75. The van der Waals surface area contributed by atoms with Crippen LogP contribution in [-0.2, 0) is 11.2 Å². The number of amides is 1. The molecule has 0 unspecified atom stereocenters. The third kappa shape index (κ3) is 7.35. The lowest BCUT2D eigenvalue weighted by molar-refractivity contribution is -0.124. The van der Waals surface area contributed by atoms with Crippen molar-refractivity contribution >= 4 is 12.0 Å². The van der Waals surface area contributed by atoms with Crippen LogP contribution >= 0.6 is 0 Å². The molecule has 1 amide bonds. The number of carbonyl (C=O) groups excluding carboxylic acids is 1. The molecule has 0 saturated heterocycles. The van der Waals surface area contributed by atoms with Crippen molar-refractivity contribution in [1.82, 2.24) is 4.90 Å². The number of phenols is 2. The Labute approximate surface area is 166 Å². The van der Waals surface area contributed by atoms with Gasteiger partial charge in [-0.05, 0) is 54.3 Å². The van der Waals surface area contributed by atoms with Gasteiger partial charge in [-0.15, -0.1) is 0 Å². The molecule has 0 fully saturated rings. The Kier molecular flexibility index (Phi) is 8.40. The minimum atomic E-state index is -0.118. The molecule has 150 valence electrons. The normalized spacial score (nSPS) is 10.9. The maximum absolute atomic E-state index is 12.3. The number of rotatable bonds is 10. The van der Waals surface area contributed by atoms with Crippen molar-refractivity contribution in [2.75, 3.05) is 20.2 Å². The molecule has 2 aromatic carbocycles. The Morgan fingerprint density at radius 3 is 2.54 bits per heavy atom. The number of ether oxygens (including phenoxy) is 1. The lowest BCUT2D eigenvalue weighted by Crippen LogP contribution is -2.27. The molecular formula is C23H29NO4. The predicted octanol–water partition coefficient (Wildman–Crippen LogP) is 4.38. The minimum absolute atomic E-state index is 0.112. The zero-order valence-electron chi connectivity index (χ0n) is 16.6. The lowest BCUT2D eigenvalue weighted by Gasteiger charge is -2.15. The van der Waals surface area contributed by atoms with Gasteiger partial charge in [0, 0.05) is 25.7 Å². The molecule has 0 aromatic heterocycles. The molecule has 0 aliphatic rings. The van der Waals surface area contributed by atoms with Crippen molar-refractivity contribution in [2.45, 2.75) is 32.6 Å². The van der Waals surface area contributed by atoms with Gasteiger partial charge in [-0.3, -0.25) is 4.79 Å². The number of likely N-dealkylation sites (N-methyl/N-ethyl adjacent to an activating group) is 1. The van der Waals surface area contributed by atoms with Gasteiger partial charge in [0.1, 0.15) is 17.2 Å². The number of hydrogen-bond donors (Lipinski definition) is 2. The summed E-state index contributed by atoms with van der Waals surface area (Å²) in [4.78, 5) is 13.9. The predicted molar refractivity (Wildman–Crippen MR) is 112 cm³/mol. The fraction of sp³-hybridized carbons (Fsp3) is 0.348. The Balaban J connectivity index is 1.89. The fourth-order valence-corrected chi connectivity index (χ4v) is 2.69. The van der Waals surface area contributed by atoms with Crippen LogP contribution in [0.2, 0.25) is 0 Å². The summed E-state index contributed by atoms with van der Waals surface area (Å²) in [5.41, 5.74) is 1.77. The molecule has 0 radical (unpaired) electrons. The van der Waals surface area contributed by atoms with Gasteiger partial charge in [-0.25, -0.2) is 0 Å².